The number of pyridine rings is 3. The van der Waals surface area contributed by atoms with Gasteiger partial charge in [0.2, 0.25) is 11.8 Å². The number of hydrogen-bond donors (Lipinski definition) is 1. The number of aryl methyl sites for hydroxylation is 1. The Balaban J connectivity index is 1.53. The topological polar surface area (TPSA) is 67.9 Å². The van der Waals surface area contributed by atoms with Gasteiger partial charge >= 0.3 is 6.18 Å². The van der Waals surface area contributed by atoms with Gasteiger partial charge in [-0.2, -0.15) is 13.2 Å². The smallest absolute Gasteiger partial charge is 0.391 e. The Morgan fingerprint density at radius 2 is 1.76 bits per heavy atom. The maximum absolute atomic E-state index is 13.6. The molecule has 0 amide bonds. The van der Waals surface area contributed by atoms with Crippen molar-refractivity contribution in [3.05, 3.63) is 63.7 Å². The average Bonchev–Trinajstić information content (AvgIpc) is 2.86. The van der Waals surface area contributed by atoms with E-state index >= 15 is 0 Å². The first-order valence-electron chi connectivity index (χ1n) is 12.7. The Kier molecular flexibility index (Phi) is 6.77. The van der Waals surface area contributed by atoms with Crippen molar-refractivity contribution in [1.82, 2.24) is 15.0 Å². The molecular formula is C28H28F5N3O2. The van der Waals surface area contributed by atoms with Crippen LogP contribution in [0.1, 0.15) is 67.3 Å². The number of aromatic amines is 1. The summed E-state index contributed by atoms with van der Waals surface area (Å²) in [5.74, 6) is -4.29. The number of hydrogen-bond acceptors (Lipinski definition) is 4. The summed E-state index contributed by atoms with van der Waals surface area (Å²) < 4.78 is 72.2. The summed E-state index contributed by atoms with van der Waals surface area (Å²) in [6.07, 6.45) is -2.62. The summed E-state index contributed by atoms with van der Waals surface area (Å²) in [4.78, 5) is 25.3. The molecule has 10 heteroatoms. The van der Waals surface area contributed by atoms with Gasteiger partial charge in [0.15, 0.2) is 5.43 Å². The zero-order valence-electron chi connectivity index (χ0n) is 21.0. The lowest BCUT2D eigenvalue weighted by Crippen LogP contribution is -2.34. The largest absolute Gasteiger partial charge is 0.481 e. The second-order valence-electron chi connectivity index (χ2n) is 10.4. The van der Waals surface area contributed by atoms with E-state index in [-0.39, 0.29) is 37.0 Å². The molecule has 0 bridgehead atoms. The van der Waals surface area contributed by atoms with Crippen molar-refractivity contribution >= 4 is 0 Å². The van der Waals surface area contributed by atoms with Gasteiger partial charge < -0.3 is 9.72 Å². The first-order chi connectivity index (χ1) is 17.9. The molecule has 38 heavy (non-hydrogen) atoms. The maximum atomic E-state index is 13.6. The van der Waals surface area contributed by atoms with Crippen LogP contribution < -0.4 is 10.2 Å². The molecule has 0 unspecified atom stereocenters. The summed E-state index contributed by atoms with van der Waals surface area (Å²) in [5, 5.41) is 0. The molecular weight excluding hydrogens is 505 g/mol. The van der Waals surface area contributed by atoms with E-state index in [0.29, 0.717) is 52.6 Å². The Hall–Kier alpha value is -3.30. The van der Waals surface area contributed by atoms with E-state index in [0.717, 1.165) is 5.56 Å². The van der Waals surface area contributed by atoms with Crippen molar-refractivity contribution in [3.8, 4) is 28.4 Å². The molecule has 5 nitrogen and oxygen atoms in total. The van der Waals surface area contributed by atoms with Crippen molar-refractivity contribution < 1.29 is 26.7 Å². The van der Waals surface area contributed by atoms with Gasteiger partial charge in [-0.25, -0.2) is 13.8 Å². The van der Waals surface area contributed by atoms with Crippen LogP contribution in [0.3, 0.4) is 0 Å². The summed E-state index contributed by atoms with van der Waals surface area (Å²) >= 11 is 0. The highest BCUT2D eigenvalue weighted by atomic mass is 19.4. The van der Waals surface area contributed by atoms with Gasteiger partial charge in [-0.15, -0.1) is 0 Å². The fraction of sp³-hybridized carbons (Fsp3) is 0.464. The van der Waals surface area contributed by atoms with E-state index in [4.69, 9.17) is 4.74 Å². The number of alkyl halides is 5. The van der Waals surface area contributed by atoms with E-state index in [1.807, 2.05) is 0 Å². The number of ether oxygens (including phenoxy) is 1. The van der Waals surface area contributed by atoms with Crippen LogP contribution in [0, 0.1) is 12.8 Å². The predicted molar refractivity (Wildman–Crippen MR) is 132 cm³/mol. The van der Waals surface area contributed by atoms with Crippen molar-refractivity contribution in [2.75, 3.05) is 7.11 Å². The lowest BCUT2D eigenvalue weighted by atomic mass is 9.74. The Bertz CT molecular complexity index is 1390. The SMILES string of the molecule is COc1cccc(-c2c(C)[nH]c(-c3cnc(C4CC(F)(F)C4)cc3C3CCC(C(F)(F)F)CC3)cc2=O)n1. The minimum atomic E-state index is -4.24. The highest BCUT2D eigenvalue weighted by Crippen LogP contribution is 2.50. The van der Waals surface area contributed by atoms with E-state index in [9.17, 15) is 26.7 Å². The summed E-state index contributed by atoms with van der Waals surface area (Å²) in [5.41, 5.74) is 3.43. The van der Waals surface area contributed by atoms with Gasteiger partial charge in [-0.05, 0) is 56.2 Å². The van der Waals surface area contributed by atoms with Gasteiger partial charge in [0, 0.05) is 54.0 Å². The number of methoxy groups -OCH3 is 1. The van der Waals surface area contributed by atoms with Crippen LogP contribution in [0.25, 0.3) is 22.5 Å². The molecule has 2 aliphatic rings. The van der Waals surface area contributed by atoms with Crippen LogP contribution in [0.5, 0.6) is 5.88 Å². The number of nitrogens with zero attached hydrogens (tertiary/aromatic N) is 2. The Labute approximate surface area is 216 Å². The standard InChI is InChI=1S/C28H28F5N3O2/c1-15-26(21-4-3-5-25(36-21)38-2)24(37)11-23(35-15)20-14-34-22(17-12-27(29,30)13-17)10-19(20)16-6-8-18(9-7-16)28(31,32)33/h3-5,10-11,14,16-18H,6-9,12-13H2,1-2H3,(H,35,37). The number of nitrogens with one attached hydrogen (secondary N) is 1. The number of rotatable bonds is 5. The molecule has 0 spiro atoms. The zero-order chi connectivity index (χ0) is 27.2. The minimum absolute atomic E-state index is 0.00274. The van der Waals surface area contributed by atoms with Crippen LogP contribution >= 0.6 is 0 Å². The lowest BCUT2D eigenvalue weighted by Gasteiger charge is -2.35. The molecule has 3 aromatic heterocycles. The highest BCUT2D eigenvalue weighted by Gasteiger charge is 2.47. The molecule has 5 rings (SSSR count). The van der Waals surface area contributed by atoms with Gasteiger partial charge in [0.05, 0.1) is 30.0 Å². The molecule has 0 saturated heterocycles. The third kappa shape index (κ3) is 5.17. The summed E-state index contributed by atoms with van der Waals surface area (Å²) in [6.45, 7) is 1.74. The maximum Gasteiger partial charge on any atom is 0.391 e. The zero-order valence-corrected chi connectivity index (χ0v) is 21.0. The Morgan fingerprint density at radius 3 is 2.37 bits per heavy atom. The molecule has 1 N–H and O–H groups in total. The fourth-order valence-electron chi connectivity index (χ4n) is 5.70. The second-order valence-corrected chi connectivity index (χ2v) is 10.4. The van der Waals surface area contributed by atoms with Crippen molar-refractivity contribution in [3.63, 3.8) is 0 Å². The van der Waals surface area contributed by atoms with Crippen LogP contribution in [0.2, 0.25) is 0 Å². The van der Waals surface area contributed by atoms with Gasteiger partial charge in [-0.1, -0.05) is 6.07 Å². The van der Waals surface area contributed by atoms with E-state index < -0.39 is 23.9 Å². The van der Waals surface area contributed by atoms with Crippen LogP contribution in [-0.4, -0.2) is 34.2 Å². The fourth-order valence-corrected chi connectivity index (χ4v) is 5.70. The molecule has 2 fully saturated rings. The van der Waals surface area contributed by atoms with E-state index in [2.05, 4.69) is 15.0 Å². The average molecular weight is 534 g/mol. The molecule has 3 aromatic rings. The molecule has 0 atom stereocenters. The monoisotopic (exact) mass is 533 g/mol. The number of halogens is 5. The van der Waals surface area contributed by atoms with Crippen LogP contribution in [0.15, 0.2) is 41.3 Å². The molecule has 2 saturated carbocycles. The Morgan fingerprint density at radius 1 is 1.05 bits per heavy atom. The summed E-state index contributed by atoms with van der Waals surface area (Å²) in [6, 6.07) is 8.30. The molecule has 0 aliphatic heterocycles. The number of H-pyrrole nitrogens is 1. The quantitative estimate of drug-likeness (QED) is 0.353. The van der Waals surface area contributed by atoms with Crippen molar-refractivity contribution in [1.29, 1.82) is 0 Å². The molecule has 202 valence electrons. The molecule has 3 heterocycles. The summed E-state index contributed by atoms with van der Waals surface area (Å²) in [7, 11) is 1.48. The first-order valence-corrected chi connectivity index (χ1v) is 12.7. The molecule has 0 radical (unpaired) electrons. The lowest BCUT2D eigenvalue weighted by molar-refractivity contribution is -0.182. The van der Waals surface area contributed by atoms with Gasteiger partial charge in [0.25, 0.3) is 0 Å². The predicted octanol–water partition coefficient (Wildman–Crippen LogP) is 7.16. The molecule has 0 aromatic carbocycles. The van der Waals surface area contributed by atoms with E-state index in [1.54, 1.807) is 37.4 Å². The van der Waals surface area contributed by atoms with E-state index in [1.165, 1.54) is 13.2 Å². The highest BCUT2D eigenvalue weighted by molar-refractivity contribution is 5.69. The second kappa shape index (κ2) is 9.78. The molecule has 2 aliphatic carbocycles. The van der Waals surface area contributed by atoms with Gasteiger partial charge in [-0.3, -0.25) is 9.78 Å². The van der Waals surface area contributed by atoms with Crippen molar-refractivity contribution in [2.24, 2.45) is 5.92 Å². The normalized spacial score (nSPS) is 21.7. The number of aromatic nitrogens is 3. The minimum Gasteiger partial charge on any atom is -0.481 e. The van der Waals surface area contributed by atoms with Crippen LogP contribution in [-0.2, 0) is 0 Å². The van der Waals surface area contributed by atoms with Gasteiger partial charge in [0.1, 0.15) is 0 Å². The third-order valence-electron chi connectivity index (χ3n) is 7.79. The third-order valence-corrected chi connectivity index (χ3v) is 7.79. The van der Waals surface area contributed by atoms with Crippen LogP contribution in [0.4, 0.5) is 22.0 Å². The van der Waals surface area contributed by atoms with Crippen molar-refractivity contribution in [2.45, 2.75) is 69.4 Å². The first kappa shape index (κ1) is 26.3.